The van der Waals surface area contributed by atoms with Crippen LogP contribution < -0.4 is 9.62 Å². The first kappa shape index (κ1) is 29.9. The van der Waals surface area contributed by atoms with Gasteiger partial charge in [0, 0.05) is 22.6 Å². The number of sulfonamides is 1. The monoisotopic (exact) mass is 601 g/mol. The van der Waals surface area contributed by atoms with E-state index in [0.29, 0.717) is 10.0 Å². The van der Waals surface area contributed by atoms with Crippen LogP contribution in [0.15, 0.2) is 77.7 Å². The largest absolute Gasteiger partial charge is 0.352 e. The van der Waals surface area contributed by atoms with Crippen molar-refractivity contribution in [2.75, 3.05) is 10.8 Å². The van der Waals surface area contributed by atoms with Crippen LogP contribution in [0.4, 0.5) is 5.69 Å². The van der Waals surface area contributed by atoms with Crippen molar-refractivity contribution in [1.82, 2.24) is 10.2 Å². The van der Waals surface area contributed by atoms with E-state index in [4.69, 9.17) is 23.2 Å². The molecule has 3 aromatic rings. The minimum atomic E-state index is -4.15. The fraction of sp³-hybridized carbons (Fsp3) is 0.333. The van der Waals surface area contributed by atoms with Crippen LogP contribution in [0.5, 0.6) is 0 Å². The molecule has 1 N–H and O–H groups in total. The molecule has 0 aliphatic heterocycles. The van der Waals surface area contributed by atoms with Crippen molar-refractivity contribution in [3.8, 4) is 0 Å². The molecule has 10 heteroatoms. The molecule has 1 aliphatic carbocycles. The van der Waals surface area contributed by atoms with Crippen LogP contribution in [-0.2, 0) is 26.2 Å². The third-order valence-corrected chi connectivity index (χ3v) is 9.64. The minimum absolute atomic E-state index is 0.0378. The van der Waals surface area contributed by atoms with E-state index >= 15 is 0 Å². The van der Waals surface area contributed by atoms with Gasteiger partial charge in [-0.2, -0.15) is 0 Å². The van der Waals surface area contributed by atoms with E-state index in [0.717, 1.165) is 41.1 Å². The van der Waals surface area contributed by atoms with Gasteiger partial charge in [-0.25, -0.2) is 8.42 Å². The summed E-state index contributed by atoms with van der Waals surface area (Å²) < 4.78 is 28.7. The Balaban J connectivity index is 1.69. The first-order chi connectivity index (χ1) is 19.1. The number of nitrogens with one attached hydrogen (secondary N) is 1. The van der Waals surface area contributed by atoms with Crippen LogP contribution in [0.2, 0.25) is 10.0 Å². The molecule has 1 atom stereocenters. The number of hydrogen-bond acceptors (Lipinski definition) is 4. The molecule has 1 saturated carbocycles. The van der Waals surface area contributed by atoms with Gasteiger partial charge >= 0.3 is 0 Å². The molecule has 0 aromatic heterocycles. The van der Waals surface area contributed by atoms with Gasteiger partial charge in [0.25, 0.3) is 10.0 Å². The number of nitrogens with zero attached hydrogens (tertiary/aromatic N) is 2. The Morgan fingerprint density at radius 3 is 2.25 bits per heavy atom. The first-order valence-electron chi connectivity index (χ1n) is 13.2. The number of carbonyl (C=O) groups is 2. The molecule has 0 bridgehead atoms. The molecule has 4 rings (SSSR count). The molecule has 3 aromatic carbocycles. The number of rotatable bonds is 10. The lowest BCUT2D eigenvalue weighted by Crippen LogP contribution is -2.52. The molecular weight excluding hydrogens is 569 g/mol. The SMILES string of the molecule is Cc1ccc(N(CC(=O)N(Cc2ccc(Cl)cc2)[C@@H](C)C(=O)NC2CCCC2)S(=O)(=O)c2ccccc2)cc1Cl. The van der Waals surface area contributed by atoms with Crippen LogP contribution in [0.3, 0.4) is 0 Å². The summed E-state index contributed by atoms with van der Waals surface area (Å²) in [5.41, 5.74) is 1.78. The van der Waals surface area contributed by atoms with Crippen molar-refractivity contribution in [3.05, 3.63) is 94.0 Å². The first-order valence-corrected chi connectivity index (χ1v) is 15.4. The minimum Gasteiger partial charge on any atom is -0.352 e. The Hall–Kier alpha value is -3.07. The van der Waals surface area contributed by atoms with Crippen molar-refractivity contribution in [2.45, 2.75) is 63.1 Å². The van der Waals surface area contributed by atoms with Crippen molar-refractivity contribution in [3.63, 3.8) is 0 Å². The van der Waals surface area contributed by atoms with Gasteiger partial charge in [-0.1, -0.05) is 72.4 Å². The molecular formula is C30H33Cl2N3O4S. The fourth-order valence-corrected chi connectivity index (χ4v) is 6.47. The normalized spacial score (nSPS) is 14.5. The molecule has 0 unspecified atom stereocenters. The summed E-state index contributed by atoms with van der Waals surface area (Å²) >= 11 is 12.4. The summed E-state index contributed by atoms with van der Waals surface area (Å²) in [6.45, 7) is 3.05. The van der Waals surface area contributed by atoms with E-state index < -0.39 is 28.5 Å². The van der Waals surface area contributed by atoms with Crippen molar-refractivity contribution >= 4 is 50.7 Å². The number of benzene rings is 3. The zero-order valence-electron chi connectivity index (χ0n) is 22.5. The summed E-state index contributed by atoms with van der Waals surface area (Å²) in [6, 6.07) is 19.0. The van der Waals surface area contributed by atoms with Crippen LogP contribution >= 0.6 is 23.2 Å². The second-order valence-corrected chi connectivity index (χ2v) is 12.8. The average Bonchev–Trinajstić information content (AvgIpc) is 3.46. The summed E-state index contributed by atoms with van der Waals surface area (Å²) in [5.74, 6) is -0.801. The Morgan fingerprint density at radius 2 is 1.62 bits per heavy atom. The van der Waals surface area contributed by atoms with Gasteiger partial charge in [-0.3, -0.25) is 13.9 Å². The average molecular weight is 603 g/mol. The van der Waals surface area contributed by atoms with Gasteiger partial charge in [0.1, 0.15) is 12.6 Å². The maximum atomic E-state index is 14.0. The Bertz CT molecular complexity index is 1440. The van der Waals surface area contributed by atoms with E-state index in [1.165, 1.54) is 23.1 Å². The highest BCUT2D eigenvalue weighted by molar-refractivity contribution is 7.92. The molecule has 0 saturated heterocycles. The van der Waals surface area contributed by atoms with Crippen LogP contribution in [0, 0.1) is 6.92 Å². The van der Waals surface area contributed by atoms with Gasteiger partial charge in [-0.05, 0) is 74.2 Å². The third-order valence-electron chi connectivity index (χ3n) is 7.19. The number of amides is 2. The summed E-state index contributed by atoms with van der Waals surface area (Å²) in [5, 5.41) is 3.98. The highest BCUT2D eigenvalue weighted by atomic mass is 35.5. The van der Waals surface area contributed by atoms with Crippen LogP contribution in [-0.4, -0.2) is 43.8 Å². The number of carbonyl (C=O) groups excluding carboxylic acids is 2. The second-order valence-electron chi connectivity index (χ2n) is 10.1. The van der Waals surface area contributed by atoms with Crippen LogP contribution in [0.25, 0.3) is 0 Å². The Kier molecular flexibility index (Phi) is 9.77. The van der Waals surface area contributed by atoms with Crippen LogP contribution in [0.1, 0.15) is 43.7 Å². The van der Waals surface area contributed by atoms with E-state index in [9.17, 15) is 18.0 Å². The lowest BCUT2D eigenvalue weighted by molar-refractivity contribution is -0.139. The highest BCUT2D eigenvalue weighted by Gasteiger charge is 2.33. The lowest BCUT2D eigenvalue weighted by atomic mass is 10.1. The Labute approximate surface area is 246 Å². The van der Waals surface area contributed by atoms with Gasteiger partial charge in [-0.15, -0.1) is 0 Å². The predicted octanol–water partition coefficient (Wildman–Crippen LogP) is 5.97. The molecule has 7 nitrogen and oxygen atoms in total. The van der Waals surface area contributed by atoms with E-state index in [1.807, 2.05) is 6.92 Å². The zero-order chi connectivity index (χ0) is 28.9. The van der Waals surface area contributed by atoms with Crippen molar-refractivity contribution in [2.24, 2.45) is 0 Å². The number of halogens is 2. The van der Waals surface area contributed by atoms with Crippen molar-refractivity contribution in [1.29, 1.82) is 0 Å². The summed E-state index contributed by atoms with van der Waals surface area (Å²) in [7, 11) is -4.15. The number of aryl methyl sites for hydroxylation is 1. The van der Waals surface area contributed by atoms with E-state index in [-0.39, 0.29) is 29.1 Å². The van der Waals surface area contributed by atoms with Gasteiger partial charge < -0.3 is 10.2 Å². The maximum Gasteiger partial charge on any atom is 0.264 e. The molecule has 212 valence electrons. The highest BCUT2D eigenvalue weighted by Crippen LogP contribution is 2.29. The van der Waals surface area contributed by atoms with Crippen molar-refractivity contribution < 1.29 is 18.0 Å². The van der Waals surface area contributed by atoms with E-state index in [2.05, 4.69) is 5.32 Å². The number of hydrogen-bond donors (Lipinski definition) is 1. The summed E-state index contributed by atoms with van der Waals surface area (Å²) in [4.78, 5) is 28.7. The molecule has 0 spiro atoms. The standard InChI is InChI=1S/C30H33Cl2N3O4S/c1-21-12-17-26(18-28(21)32)35(40(38,39)27-10-4-3-5-11-27)20-29(36)34(19-23-13-15-24(31)16-14-23)22(2)30(37)33-25-8-6-7-9-25/h3-5,10-18,22,25H,6-9,19-20H2,1-2H3,(H,33,37)/t22-/m0/s1. The third kappa shape index (κ3) is 7.16. The Morgan fingerprint density at radius 1 is 0.975 bits per heavy atom. The molecule has 1 fully saturated rings. The van der Waals surface area contributed by atoms with Gasteiger partial charge in [0.15, 0.2) is 0 Å². The maximum absolute atomic E-state index is 14.0. The van der Waals surface area contributed by atoms with Gasteiger partial charge in [0.2, 0.25) is 11.8 Å². The molecule has 0 heterocycles. The topological polar surface area (TPSA) is 86.8 Å². The molecule has 0 radical (unpaired) electrons. The van der Waals surface area contributed by atoms with Gasteiger partial charge in [0.05, 0.1) is 10.6 Å². The second kappa shape index (κ2) is 13.1. The smallest absolute Gasteiger partial charge is 0.264 e. The molecule has 40 heavy (non-hydrogen) atoms. The number of anilines is 1. The predicted molar refractivity (Wildman–Crippen MR) is 159 cm³/mol. The fourth-order valence-electron chi connectivity index (χ4n) is 4.75. The quantitative estimate of drug-likeness (QED) is 0.310. The summed E-state index contributed by atoms with van der Waals surface area (Å²) in [6.07, 6.45) is 3.91. The molecule has 2 amide bonds. The lowest BCUT2D eigenvalue weighted by Gasteiger charge is -2.32. The zero-order valence-corrected chi connectivity index (χ0v) is 24.8. The molecule has 1 aliphatic rings. The van der Waals surface area contributed by atoms with E-state index in [1.54, 1.807) is 61.5 Å².